The Labute approximate surface area is 82.7 Å². The van der Waals surface area contributed by atoms with E-state index in [1.807, 2.05) is 0 Å². The normalized spacial score (nSPS) is 11.5. The van der Waals surface area contributed by atoms with Gasteiger partial charge in [0.25, 0.3) is 5.69 Å². The highest BCUT2D eigenvalue weighted by molar-refractivity contribution is 5.59. The summed E-state index contributed by atoms with van der Waals surface area (Å²) in [6.07, 6.45) is -4.68. The van der Waals surface area contributed by atoms with Crippen LogP contribution in [0.2, 0.25) is 0 Å². The lowest BCUT2D eigenvalue weighted by Gasteiger charge is -2.11. The SMILES string of the molecule is Cc1cc([N+](=O)[O-])cc(C(F)(F)F)c1N. The molecule has 7 heteroatoms. The maximum absolute atomic E-state index is 12.4. The minimum absolute atomic E-state index is 0.0384. The number of aryl methyl sites for hydroxylation is 1. The highest BCUT2D eigenvalue weighted by atomic mass is 19.4. The van der Waals surface area contributed by atoms with Crippen LogP contribution in [0.1, 0.15) is 11.1 Å². The number of nitrogens with two attached hydrogens (primary N) is 1. The summed E-state index contributed by atoms with van der Waals surface area (Å²) < 4.78 is 37.1. The minimum Gasteiger partial charge on any atom is -0.398 e. The van der Waals surface area contributed by atoms with Gasteiger partial charge >= 0.3 is 6.18 Å². The number of hydrogen-bond acceptors (Lipinski definition) is 3. The first-order chi connectivity index (χ1) is 6.73. The van der Waals surface area contributed by atoms with Crippen LogP contribution in [0.15, 0.2) is 12.1 Å². The molecule has 2 N–H and O–H groups in total. The molecule has 1 aromatic rings. The quantitative estimate of drug-likeness (QED) is 0.449. The van der Waals surface area contributed by atoms with E-state index in [2.05, 4.69) is 0 Å². The minimum atomic E-state index is -4.68. The topological polar surface area (TPSA) is 69.2 Å². The maximum atomic E-state index is 12.4. The van der Waals surface area contributed by atoms with E-state index in [9.17, 15) is 23.3 Å². The van der Waals surface area contributed by atoms with E-state index in [-0.39, 0.29) is 5.56 Å². The molecule has 0 heterocycles. The monoisotopic (exact) mass is 220 g/mol. The number of nitro benzene ring substituents is 1. The third-order valence-corrected chi connectivity index (χ3v) is 1.89. The summed E-state index contributed by atoms with van der Waals surface area (Å²) in [6, 6.07) is 1.44. The molecule has 4 nitrogen and oxygen atoms in total. The first-order valence-corrected chi connectivity index (χ1v) is 3.85. The molecule has 0 aromatic heterocycles. The van der Waals surface area contributed by atoms with Crippen molar-refractivity contribution in [2.45, 2.75) is 13.1 Å². The predicted octanol–water partition coefficient (Wildman–Crippen LogP) is 2.50. The van der Waals surface area contributed by atoms with Crippen LogP contribution in [0.4, 0.5) is 24.5 Å². The lowest BCUT2D eigenvalue weighted by atomic mass is 10.1. The van der Waals surface area contributed by atoms with Crippen LogP contribution in [-0.2, 0) is 6.18 Å². The summed E-state index contributed by atoms with van der Waals surface area (Å²) in [6.45, 7) is 1.29. The van der Waals surface area contributed by atoms with Gasteiger partial charge in [0.05, 0.1) is 10.5 Å². The second kappa shape index (κ2) is 3.41. The average Bonchev–Trinajstić information content (AvgIpc) is 2.06. The van der Waals surface area contributed by atoms with Crippen LogP contribution in [0.25, 0.3) is 0 Å². The number of anilines is 1. The van der Waals surface area contributed by atoms with Crippen LogP contribution < -0.4 is 5.73 Å². The molecule has 82 valence electrons. The van der Waals surface area contributed by atoms with Gasteiger partial charge in [-0.1, -0.05) is 0 Å². The number of nitrogens with zero attached hydrogens (tertiary/aromatic N) is 1. The van der Waals surface area contributed by atoms with Gasteiger partial charge in [0.2, 0.25) is 0 Å². The molecule has 0 saturated carbocycles. The zero-order valence-corrected chi connectivity index (χ0v) is 7.63. The summed E-state index contributed by atoms with van der Waals surface area (Å²) >= 11 is 0. The Morgan fingerprint density at radius 1 is 1.40 bits per heavy atom. The number of benzene rings is 1. The zero-order chi connectivity index (χ0) is 11.8. The first-order valence-electron chi connectivity index (χ1n) is 3.85. The summed E-state index contributed by atoms with van der Waals surface area (Å²) in [4.78, 5) is 9.45. The fraction of sp³-hybridized carbons (Fsp3) is 0.250. The van der Waals surface area contributed by atoms with E-state index >= 15 is 0 Å². The van der Waals surface area contributed by atoms with E-state index in [1.54, 1.807) is 0 Å². The van der Waals surface area contributed by atoms with Crippen LogP contribution in [-0.4, -0.2) is 4.92 Å². The third kappa shape index (κ3) is 2.17. The van der Waals surface area contributed by atoms with Crippen LogP contribution in [0.3, 0.4) is 0 Å². The maximum Gasteiger partial charge on any atom is 0.418 e. The molecule has 0 aliphatic heterocycles. The molecule has 0 aliphatic rings. The number of rotatable bonds is 1. The van der Waals surface area contributed by atoms with Crippen molar-refractivity contribution in [1.82, 2.24) is 0 Å². The number of alkyl halides is 3. The van der Waals surface area contributed by atoms with Crippen molar-refractivity contribution in [2.24, 2.45) is 0 Å². The first kappa shape index (κ1) is 11.3. The highest BCUT2D eigenvalue weighted by Crippen LogP contribution is 2.37. The average molecular weight is 220 g/mol. The number of halogens is 3. The molecule has 0 fully saturated rings. The van der Waals surface area contributed by atoms with Gasteiger partial charge in [0.15, 0.2) is 0 Å². The molecular formula is C8H7F3N2O2. The second-order valence-electron chi connectivity index (χ2n) is 2.98. The standard InChI is InChI=1S/C8H7F3N2O2/c1-4-2-5(13(14)15)3-6(7(4)12)8(9,10)11/h2-3H,12H2,1H3. The van der Waals surface area contributed by atoms with Gasteiger partial charge < -0.3 is 5.73 Å². The van der Waals surface area contributed by atoms with E-state index in [1.165, 1.54) is 6.92 Å². The lowest BCUT2D eigenvalue weighted by Crippen LogP contribution is -2.10. The Morgan fingerprint density at radius 2 is 1.93 bits per heavy atom. The molecule has 0 bridgehead atoms. The third-order valence-electron chi connectivity index (χ3n) is 1.89. The van der Waals surface area contributed by atoms with Crippen LogP contribution in [0.5, 0.6) is 0 Å². The molecular weight excluding hydrogens is 213 g/mol. The fourth-order valence-corrected chi connectivity index (χ4v) is 1.12. The Morgan fingerprint density at radius 3 is 2.33 bits per heavy atom. The smallest absolute Gasteiger partial charge is 0.398 e. The van der Waals surface area contributed by atoms with Gasteiger partial charge in [-0.2, -0.15) is 13.2 Å². The molecule has 0 aliphatic carbocycles. The van der Waals surface area contributed by atoms with Crippen molar-refractivity contribution >= 4 is 11.4 Å². The molecule has 0 atom stereocenters. The summed E-state index contributed by atoms with van der Waals surface area (Å²) in [5, 5.41) is 10.3. The van der Waals surface area contributed by atoms with Gasteiger partial charge in [-0.25, -0.2) is 0 Å². The molecule has 0 amide bonds. The largest absolute Gasteiger partial charge is 0.418 e. The van der Waals surface area contributed by atoms with E-state index < -0.39 is 28.0 Å². The Hall–Kier alpha value is -1.79. The zero-order valence-electron chi connectivity index (χ0n) is 7.63. The molecule has 1 aromatic carbocycles. The Bertz CT molecular complexity index is 415. The number of hydrogen-bond donors (Lipinski definition) is 1. The Kier molecular flexibility index (Phi) is 2.57. The van der Waals surface area contributed by atoms with Crippen molar-refractivity contribution < 1.29 is 18.1 Å². The molecule has 0 unspecified atom stereocenters. The summed E-state index contributed by atoms with van der Waals surface area (Å²) in [7, 11) is 0. The fourth-order valence-electron chi connectivity index (χ4n) is 1.12. The second-order valence-corrected chi connectivity index (χ2v) is 2.98. The van der Waals surface area contributed by atoms with Gasteiger partial charge in [0, 0.05) is 17.8 Å². The highest BCUT2D eigenvalue weighted by Gasteiger charge is 2.35. The van der Waals surface area contributed by atoms with Gasteiger partial charge in [-0.05, 0) is 12.5 Å². The summed E-state index contributed by atoms with van der Waals surface area (Å²) in [5.74, 6) is 0. The van der Waals surface area contributed by atoms with Crippen molar-refractivity contribution in [1.29, 1.82) is 0 Å². The van der Waals surface area contributed by atoms with E-state index in [4.69, 9.17) is 5.73 Å². The lowest BCUT2D eigenvalue weighted by molar-refractivity contribution is -0.385. The van der Waals surface area contributed by atoms with Crippen LogP contribution >= 0.6 is 0 Å². The molecule has 0 spiro atoms. The predicted molar refractivity (Wildman–Crippen MR) is 47.2 cm³/mol. The van der Waals surface area contributed by atoms with Gasteiger partial charge in [-0.3, -0.25) is 10.1 Å². The Balaban J connectivity index is 3.45. The molecule has 0 radical (unpaired) electrons. The van der Waals surface area contributed by atoms with E-state index in [0.717, 1.165) is 6.07 Å². The van der Waals surface area contributed by atoms with Gasteiger partial charge in [-0.15, -0.1) is 0 Å². The van der Waals surface area contributed by atoms with Crippen molar-refractivity contribution in [3.05, 3.63) is 33.4 Å². The van der Waals surface area contributed by atoms with Crippen molar-refractivity contribution in [3.8, 4) is 0 Å². The van der Waals surface area contributed by atoms with Gasteiger partial charge in [0.1, 0.15) is 0 Å². The number of nitrogen functional groups attached to an aromatic ring is 1. The summed E-state index contributed by atoms with van der Waals surface area (Å²) in [5.41, 5.74) is 2.97. The van der Waals surface area contributed by atoms with E-state index in [0.29, 0.717) is 6.07 Å². The molecule has 0 saturated heterocycles. The van der Waals surface area contributed by atoms with Crippen LogP contribution in [0, 0.1) is 17.0 Å². The molecule has 15 heavy (non-hydrogen) atoms. The number of nitro groups is 1. The van der Waals surface area contributed by atoms with Crippen molar-refractivity contribution in [3.63, 3.8) is 0 Å². The molecule has 1 rings (SSSR count). The van der Waals surface area contributed by atoms with Crippen molar-refractivity contribution in [2.75, 3.05) is 5.73 Å². The number of non-ortho nitro benzene ring substituents is 1.